The Kier molecular flexibility index (Phi) is 5.55. The molecule has 0 unspecified atom stereocenters. The Bertz CT molecular complexity index is 1180. The molecule has 29 heavy (non-hydrogen) atoms. The number of aromatic nitrogens is 3. The first-order valence-corrected chi connectivity index (χ1v) is 9.64. The molecule has 0 spiro atoms. The number of carbonyl (C=O) groups excluding carboxylic acids is 2. The molecule has 1 amide bonds. The summed E-state index contributed by atoms with van der Waals surface area (Å²) in [6, 6.07) is 5.82. The lowest BCUT2D eigenvalue weighted by Crippen LogP contribution is -2.21. The number of rotatable bonds is 6. The number of nitrogens with one attached hydrogen (secondary N) is 1. The SMILES string of the molecule is Cc1nn2cccnc2c1C(=O)OCC(=O)Nc1ccc(S(=O)(=O)C(F)F)cc1. The third-order valence-corrected chi connectivity index (χ3v) is 5.21. The van der Waals surface area contributed by atoms with Gasteiger partial charge < -0.3 is 10.1 Å². The molecule has 2 aromatic heterocycles. The van der Waals surface area contributed by atoms with E-state index in [2.05, 4.69) is 15.4 Å². The number of nitrogens with zero attached hydrogens (tertiary/aromatic N) is 3. The maximum atomic E-state index is 12.5. The largest absolute Gasteiger partial charge is 0.452 e. The number of halogens is 2. The van der Waals surface area contributed by atoms with Gasteiger partial charge in [-0.25, -0.2) is 22.7 Å². The molecule has 0 saturated carbocycles. The van der Waals surface area contributed by atoms with Gasteiger partial charge in [-0.3, -0.25) is 4.79 Å². The minimum atomic E-state index is -4.72. The van der Waals surface area contributed by atoms with Crippen LogP contribution in [0.25, 0.3) is 5.65 Å². The van der Waals surface area contributed by atoms with Gasteiger partial charge in [0.2, 0.25) is 9.84 Å². The fourth-order valence-corrected chi connectivity index (χ4v) is 3.19. The van der Waals surface area contributed by atoms with Gasteiger partial charge in [0.25, 0.3) is 5.91 Å². The molecule has 12 heteroatoms. The van der Waals surface area contributed by atoms with E-state index in [9.17, 15) is 26.8 Å². The Morgan fingerprint density at radius 1 is 1.24 bits per heavy atom. The third-order valence-electron chi connectivity index (χ3n) is 3.81. The van der Waals surface area contributed by atoms with Crippen molar-refractivity contribution in [3.05, 3.63) is 54.0 Å². The fraction of sp³-hybridized carbons (Fsp3) is 0.176. The molecule has 9 nitrogen and oxygen atoms in total. The second-order valence-corrected chi connectivity index (χ2v) is 7.72. The van der Waals surface area contributed by atoms with Gasteiger partial charge in [-0.05, 0) is 37.3 Å². The minimum Gasteiger partial charge on any atom is -0.452 e. The highest BCUT2D eigenvalue weighted by molar-refractivity contribution is 7.91. The van der Waals surface area contributed by atoms with Crippen molar-refractivity contribution in [3.8, 4) is 0 Å². The summed E-state index contributed by atoms with van der Waals surface area (Å²) >= 11 is 0. The Labute approximate surface area is 163 Å². The number of sulfone groups is 1. The molecule has 152 valence electrons. The second kappa shape index (κ2) is 7.91. The molecule has 3 rings (SSSR count). The monoisotopic (exact) mass is 424 g/mol. The molecule has 0 aliphatic heterocycles. The van der Waals surface area contributed by atoms with Gasteiger partial charge >= 0.3 is 11.7 Å². The first-order valence-electron chi connectivity index (χ1n) is 8.09. The summed E-state index contributed by atoms with van der Waals surface area (Å²) in [6.45, 7) is 0.972. The predicted octanol–water partition coefficient (Wildman–Crippen LogP) is 1.83. The average Bonchev–Trinajstić information content (AvgIpc) is 3.02. The molecule has 0 aliphatic carbocycles. The van der Waals surface area contributed by atoms with Crippen LogP contribution in [0.3, 0.4) is 0 Å². The summed E-state index contributed by atoms with van der Waals surface area (Å²) in [7, 11) is -4.72. The van der Waals surface area contributed by atoms with Crippen LogP contribution in [0.15, 0.2) is 47.6 Å². The molecular weight excluding hydrogens is 410 g/mol. The Balaban J connectivity index is 1.63. The van der Waals surface area contributed by atoms with E-state index in [1.54, 1.807) is 19.2 Å². The van der Waals surface area contributed by atoms with Crippen molar-refractivity contribution in [1.29, 1.82) is 0 Å². The summed E-state index contributed by atoms with van der Waals surface area (Å²) in [5.74, 6) is -5.03. The summed E-state index contributed by atoms with van der Waals surface area (Å²) < 4.78 is 54.1. The molecule has 0 radical (unpaired) electrons. The van der Waals surface area contributed by atoms with Crippen LogP contribution in [0.5, 0.6) is 0 Å². The number of amides is 1. The third kappa shape index (κ3) is 4.21. The van der Waals surface area contributed by atoms with Crippen molar-refractivity contribution < 1.29 is 31.5 Å². The maximum Gasteiger partial charge on any atom is 0.344 e. The smallest absolute Gasteiger partial charge is 0.344 e. The fourth-order valence-electron chi connectivity index (χ4n) is 2.47. The van der Waals surface area contributed by atoms with Crippen LogP contribution in [-0.4, -0.2) is 47.3 Å². The van der Waals surface area contributed by atoms with Crippen LogP contribution < -0.4 is 5.32 Å². The number of ether oxygens (including phenoxy) is 1. The van der Waals surface area contributed by atoms with Gasteiger partial charge in [0.15, 0.2) is 12.3 Å². The van der Waals surface area contributed by atoms with Crippen molar-refractivity contribution in [3.63, 3.8) is 0 Å². The number of alkyl halides is 2. The topological polar surface area (TPSA) is 120 Å². The van der Waals surface area contributed by atoms with Crippen molar-refractivity contribution in [2.24, 2.45) is 0 Å². The van der Waals surface area contributed by atoms with Gasteiger partial charge in [0.05, 0.1) is 10.6 Å². The molecule has 2 heterocycles. The maximum absolute atomic E-state index is 12.5. The molecular formula is C17H14F2N4O5S. The highest BCUT2D eigenvalue weighted by atomic mass is 32.2. The molecule has 1 aromatic carbocycles. The lowest BCUT2D eigenvalue weighted by atomic mass is 10.2. The number of esters is 1. The second-order valence-electron chi connectivity index (χ2n) is 5.80. The van der Waals surface area contributed by atoms with E-state index in [0.717, 1.165) is 24.3 Å². The Morgan fingerprint density at radius 3 is 2.59 bits per heavy atom. The number of carbonyl (C=O) groups is 2. The number of hydrogen-bond donors (Lipinski definition) is 1. The molecule has 1 N–H and O–H groups in total. The molecule has 3 aromatic rings. The number of anilines is 1. The van der Waals surface area contributed by atoms with Gasteiger partial charge in [0.1, 0.15) is 5.56 Å². The first-order chi connectivity index (χ1) is 13.7. The van der Waals surface area contributed by atoms with E-state index in [-0.39, 0.29) is 16.9 Å². The zero-order chi connectivity index (χ0) is 21.2. The van der Waals surface area contributed by atoms with Crippen molar-refractivity contribution in [1.82, 2.24) is 14.6 Å². The quantitative estimate of drug-likeness (QED) is 0.600. The van der Waals surface area contributed by atoms with Gasteiger partial charge in [0, 0.05) is 18.1 Å². The molecule has 0 aliphatic rings. The highest BCUT2D eigenvalue weighted by Gasteiger charge is 2.26. The predicted molar refractivity (Wildman–Crippen MR) is 96.3 cm³/mol. The number of hydrogen-bond acceptors (Lipinski definition) is 7. The van der Waals surface area contributed by atoms with E-state index in [0.29, 0.717) is 5.69 Å². The number of benzene rings is 1. The van der Waals surface area contributed by atoms with Crippen LogP contribution in [-0.2, 0) is 19.4 Å². The van der Waals surface area contributed by atoms with Gasteiger partial charge in [-0.15, -0.1) is 0 Å². The normalized spacial score (nSPS) is 11.6. The molecule has 0 saturated heterocycles. The van der Waals surface area contributed by atoms with Crippen LogP contribution in [0.2, 0.25) is 0 Å². The molecule has 0 atom stereocenters. The highest BCUT2D eigenvalue weighted by Crippen LogP contribution is 2.20. The minimum absolute atomic E-state index is 0.125. The van der Waals surface area contributed by atoms with E-state index >= 15 is 0 Å². The average molecular weight is 424 g/mol. The molecule has 0 fully saturated rings. The molecule has 0 bridgehead atoms. The lowest BCUT2D eigenvalue weighted by molar-refractivity contribution is -0.119. The summed E-state index contributed by atoms with van der Waals surface area (Å²) in [4.78, 5) is 27.7. The lowest BCUT2D eigenvalue weighted by Gasteiger charge is -2.08. The van der Waals surface area contributed by atoms with Crippen molar-refractivity contribution in [2.45, 2.75) is 17.6 Å². The Hall–Kier alpha value is -3.41. The van der Waals surface area contributed by atoms with Crippen molar-refractivity contribution in [2.75, 3.05) is 11.9 Å². The van der Waals surface area contributed by atoms with Crippen LogP contribution in [0.4, 0.5) is 14.5 Å². The zero-order valence-electron chi connectivity index (χ0n) is 14.9. The zero-order valence-corrected chi connectivity index (χ0v) is 15.7. The summed E-state index contributed by atoms with van der Waals surface area (Å²) in [5, 5.41) is 6.49. The summed E-state index contributed by atoms with van der Waals surface area (Å²) in [5.41, 5.74) is 0.934. The number of fused-ring (bicyclic) bond motifs is 1. The van der Waals surface area contributed by atoms with E-state index in [4.69, 9.17) is 4.74 Å². The Morgan fingerprint density at radius 2 is 1.93 bits per heavy atom. The van der Waals surface area contributed by atoms with E-state index < -0.39 is 39.0 Å². The van der Waals surface area contributed by atoms with E-state index in [1.807, 2.05) is 0 Å². The van der Waals surface area contributed by atoms with Gasteiger partial charge in [-0.2, -0.15) is 13.9 Å². The van der Waals surface area contributed by atoms with Crippen LogP contribution in [0.1, 0.15) is 16.1 Å². The van der Waals surface area contributed by atoms with Crippen molar-refractivity contribution >= 4 is 33.0 Å². The van der Waals surface area contributed by atoms with Crippen LogP contribution in [0, 0.1) is 6.92 Å². The number of aryl methyl sites for hydroxylation is 1. The van der Waals surface area contributed by atoms with Crippen LogP contribution >= 0.6 is 0 Å². The first kappa shape index (κ1) is 20.3. The van der Waals surface area contributed by atoms with Gasteiger partial charge in [-0.1, -0.05) is 0 Å². The van der Waals surface area contributed by atoms with E-state index in [1.165, 1.54) is 10.7 Å². The standard InChI is InChI=1S/C17H14F2N4O5S/c1-10-14(15-20-7-2-8-23(15)22-10)16(25)28-9-13(24)21-11-3-5-12(6-4-11)29(26,27)17(18)19/h2-8,17H,9H2,1H3,(H,21,24). The summed E-state index contributed by atoms with van der Waals surface area (Å²) in [6.07, 6.45) is 3.09.